The number of hydrogen-bond acceptors (Lipinski definition) is 3. The van der Waals surface area contributed by atoms with Crippen molar-refractivity contribution >= 4 is 29.3 Å². The van der Waals surface area contributed by atoms with E-state index in [-0.39, 0.29) is 5.69 Å². The number of H-pyrrole nitrogens is 2. The molecule has 0 aliphatic rings. The van der Waals surface area contributed by atoms with E-state index in [0.717, 1.165) is 29.0 Å². The van der Waals surface area contributed by atoms with Crippen molar-refractivity contribution in [2.45, 2.75) is 0 Å². The van der Waals surface area contributed by atoms with Crippen LogP contribution in [-0.2, 0) is 0 Å². The first kappa shape index (κ1) is 9.21. The van der Waals surface area contributed by atoms with Crippen LogP contribution in [-0.4, -0.2) is 22.3 Å². The second kappa shape index (κ2) is 3.79. The van der Waals surface area contributed by atoms with Gasteiger partial charge in [0.1, 0.15) is 0 Å². The molecule has 0 unspecified atom stereocenters. The molecule has 1 aromatic heterocycles. The second-order valence-electron chi connectivity index (χ2n) is 2.99. The Bertz CT molecular complexity index is 488. The van der Waals surface area contributed by atoms with Crippen LogP contribution in [0.25, 0.3) is 11.0 Å². The number of anilines is 1. The van der Waals surface area contributed by atoms with Crippen LogP contribution in [0.1, 0.15) is 0 Å². The molecule has 4 nitrogen and oxygen atoms in total. The summed E-state index contributed by atoms with van der Waals surface area (Å²) in [6, 6.07) is 5.69. The molecule has 1 heterocycles. The Morgan fingerprint density at radius 1 is 1.29 bits per heavy atom. The summed E-state index contributed by atoms with van der Waals surface area (Å²) in [4.78, 5) is 16.4. The van der Waals surface area contributed by atoms with Crippen LogP contribution in [0.4, 0.5) is 5.69 Å². The Morgan fingerprint density at radius 2 is 2.07 bits per heavy atom. The Balaban J connectivity index is 2.35. The standard InChI is InChI=1S/C9H11N3OS/c13-9-11-7-2-1-6(10-3-4-14)5-8(7)12-9/h1-2,5,10,14H,3-4H2,(H2,11,12,13). The SMILES string of the molecule is O=c1[nH]c2ccc(NCCS)cc2[nH]1. The van der Waals surface area contributed by atoms with Gasteiger partial charge in [-0.2, -0.15) is 12.6 Å². The molecule has 0 amide bonds. The summed E-state index contributed by atoms with van der Waals surface area (Å²) in [6.07, 6.45) is 0. The zero-order valence-corrected chi connectivity index (χ0v) is 8.40. The van der Waals surface area contributed by atoms with Gasteiger partial charge in [-0.3, -0.25) is 0 Å². The highest BCUT2D eigenvalue weighted by Crippen LogP contribution is 2.13. The number of aromatic nitrogens is 2. The van der Waals surface area contributed by atoms with Crippen molar-refractivity contribution in [3.63, 3.8) is 0 Å². The van der Waals surface area contributed by atoms with Crippen LogP contribution in [0.15, 0.2) is 23.0 Å². The van der Waals surface area contributed by atoms with E-state index in [0.29, 0.717) is 0 Å². The molecule has 5 heteroatoms. The van der Waals surface area contributed by atoms with Gasteiger partial charge in [0.25, 0.3) is 0 Å². The molecular weight excluding hydrogens is 198 g/mol. The zero-order valence-electron chi connectivity index (χ0n) is 7.50. The first-order valence-electron chi connectivity index (χ1n) is 4.36. The zero-order chi connectivity index (χ0) is 9.97. The van der Waals surface area contributed by atoms with Gasteiger partial charge in [-0.15, -0.1) is 0 Å². The van der Waals surface area contributed by atoms with E-state index < -0.39 is 0 Å². The Morgan fingerprint density at radius 3 is 2.86 bits per heavy atom. The average Bonchev–Trinajstić information content (AvgIpc) is 2.54. The highest BCUT2D eigenvalue weighted by atomic mass is 32.1. The van der Waals surface area contributed by atoms with Crippen LogP contribution in [0, 0.1) is 0 Å². The number of thiol groups is 1. The van der Waals surface area contributed by atoms with Gasteiger partial charge in [0.15, 0.2) is 0 Å². The predicted octanol–water partition coefficient (Wildman–Crippen LogP) is 1.20. The number of hydrogen-bond donors (Lipinski definition) is 4. The second-order valence-corrected chi connectivity index (χ2v) is 3.44. The molecule has 0 saturated carbocycles. The van der Waals surface area contributed by atoms with Crippen molar-refractivity contribution in [2.24, 2.45) is 0 Å². The predicted molar refractivity (Wildman–Crippen MR) is 61.3 cm³/mol. The van der Waals surface area contributed by atoms with Crippen molar-refractivity contribution < 1.29 is 0 Å². The topological polar surface area (TPSA) is 60.7 Å². The van der Waals surface area contributed by atoms with Crippen LogP contribution >= 0.6 is 12.6 Å². The van der Waals surface area contributed by atoms with Gasteiger partial charge in [-0.25, -0.2) is 4.79 Å². The van der Waals surface area contributed by atoms with Crippen molar-refractivity contribution in [1.29, 1.82) is 0 Å². The summed E-state index contributed by atoms with van der Waals surface area (Å²) in [7, 11) is 0. The fraction of sp³-hybridized carbons (Fsp3) is 0.222. The fourth-order valence-electron chi connectivity index (χ4n) is 1.34. The van der Waals surface area contributed by atoms with E-state index in [2.05, 4.69) is 27.9 Å². The van der Waals surface area contributed by atoms with Crippen molar-refractivity contribution in [2.75, 3.05) is 17.6 Å². The van der Waals surface area contributed by atoms with Crippen LogP contribution in [0.3, 0.4) is 0 Å². The minimum absolute atomic E-state index is 0.175. The van der Waals surface area contributed by atoms with E-state index in [1.54, 1.807) is 0 Å². The van der Waals surface area contributed by atoms with E-state index in [9.17, 15) is 4.79 Å². The molecule has 1 aromatic carbocycles. The van der Waals surface area contributed by atoms with Crippen LogP contribution in [0.5, 0.6) is 0 Å². The lowest BCUT2D eigenvalue weighted by Gasteiger charge is -2.03. The number of aromatic amines is 2. The molecule has 2 rings (SSSR count). The number of rotatable bonds is 3. The summed E-state index contributed by atoms with van der Waals surface area (Å²) < 4.78 is 0. The lowest BCUT2D eigenvalue weighted by atomic mass is 10.3. The molecule has 0 radical (unpaired) electrons. The quantitative estimate of drug-likeness (QED) is 0.574. The Hall–Kier alpha value is -1.36. The molecule has 0 aliphatic carbocycles. The summed E-state index contributed by atoms with van der Waals surface area (Å²) in [5.74, 6) is 0.779. The fourth-order valence-corrected chi connectivity index (χ4v) is 1.45. The molecule has 0 bridgehead atoms. The highest BCUT2D eigenvalue weighted by molar-refractivity contribution is 7.80. The van der Waals surface area contributed by atoms with Gasteiger partial charge >= 0.3 is 5.69 Å². The van der Waals surface area contributed by atoms with E-state index in [1.165, 1.54) is 0 Å². The third-order valence-electron chi connectivity index (χ3n) is 1.96. The summed E-state index contributed by atoms with van der Waals surface area (Å²) >= 11 is 4.10. The number of benzene rings is 1. The van der Waals surface area contributed by atoms with Crippen LogP contribution < -0.4 is 11.0 Å². The van der Waals surface area contributed by atoms with Gasteiger partial charge in [0.2, 0.25) is 0 Å². The molecule has 3 N–H and O–H groups in total. The Labute approximate surface area is 86.1 Å². The molecule has 0 aliphatic heterocycles. The molecule has 0 spiro atoms. The molecular formula is C9H11N3OS. The third-order valence-corrected chi connectivity index (χ3v) is 2.18. The monoisotopic (exact) mass is 209 g/mol. The van der Waals surface area contributed by atoms with E-state index >= 15 is 0 Å². The molecule has 14 heavy (non-hydrogen) atoms. The normalized spacial score (nSPS) is 10.6. The molecule has 0 saturated heterocycles. The van der Waals surface area contributed by atoms with Crippen molar-refractivity contribution in [3.8, 4) is 0 Å². The highest BCUT2D eigenvalue weighted by Gasteiger charge is 1.98. The first-order chi connectivity index (χ1) is 6.79. The third kappa shape index (κ3) is 1.77. The lowest BCUT2D eigenvalue weighted by molar-refractivity contribution is 1.21. The van der Waals surface area contributed by atoms with Gasteiger partial charge in [0.05, 0.1) is 11.0 Å². The number of nitrogens with one attached hydrogen (secondary N) is 3. The molecule has 2 aromatic rings. The minimum Gasteiger partial charge on any atom is -0.384 e. The Kier molecular flexibility index (Phi) is 2.49. The van der Waals surface area contributed by atoms with Gasteiger partial charge in [0, 0.05) is 18.0 Å². The number of fused-ring (bicyclic) bond motifs is 1. The smallest absolute Gasteiger partial charge is 0.323 e. The number of imidazole rings is 1. The average molecular weight is 209 g/mol. The molecule has 0 fully saturated rings. The summed E-state index contributed by atoms with van der Waals surface area (Å²) in [5, 5.41) is 3.18. The summed E-state index contributed by atoms with van der Waals surface area (Å²) in [6.45, 7) is 0.809. The van der Waals surface area contributed by atoms with Crippen molar-refractivity contribution in [1.82, 2.24) is 9.97 Å². The van der Waals surface area contributed by atoms with E-state index in [1.807, 2.05) is 18.2 Å². The first-order valence-corrected chi connectivity index (χ1v) is 4.99. The maximum Gasteiger partial charge on any atom is 0.323 e. The summed E-state index contributed by atoms with van der Waals surface area (Å²) in [5.41, 5.74) is 2.46. The maximum atomic E-state index is 11.0. The molecule has 74 valence electrons. The van der Waals surface area contributed by atoms with Gasteiger partial charge in [-0.1, -0.05) is 0 Å². The lowest BCUT2D eigenvalue weighted by Crippen LogP contribution is -2.01. The minimum atomic E-state index is -0.175. The van der Waals surface area contributed by atoms with E-state index in [4.69, 9.17) is 0 Å². The van der Waals surface area contributed by atoms with Crippen LogP contribution in [0.2, 0.25) is 0 Å². The van der Waals surface area contributed by atoms with Gasteiger partial charge < -0.3 is 15.3 Å². The van der Waals surface area contributed by atoms with Crippen molar-refractivity contribution in [3.05, 3.63) is 28.7 Å². The largest absolute Gasteiger partial charge is 0.384 e. The maximum absolute atomic E-state index is 11.0. The molecule has 0 atom stereocenters. The van der Waals surface area contributed by atoms with Gasteiger partial charge in [-0.05, 0) is 18.2 Å².